The molecule has 3 aromatic carbocycles. The van der Waals surface area contributed by atoms with Gasteiger partial charge in [-0.15, -0.1) is 10.2 Å². The van der Waals surface area contributed by atoms with Gasteiger partial charge in [-0.25, -0.2) is 9.36 Å². The second kappa shape index (κ2) is 10.0. The molecule has 41 heavy (non-hydrogen) atoms. The van der Waals surface area contributed by atoms with Crippen molar-refractivity contribution in [3.63, 3.8) is 0 Å². The molecule has 0 aliphatic heterocycles. The van der Waals surface area contributed by atoms with Crippen molar-refractivity contribution in [2.75, 3.05) is 5.32 Å². The molecule has 0 bridgehead atoms. The van der Waals surface area contributed by atoms with Crippen molar-refractivity contribution in [2.45, 2.75) is 38.2 Å². The number of halogens is 6. The van der Waals surface area contributed by atoms with E-state index >= 15 is 0 Å². The number of alkyl halides is 6. The molecular formula is C27H21F6N7O. The van der Waals surface area contributed by atoms with Crippen molar-refractivity contribution >= 4 is 22.4 Å². The lowest BCUT2D eigenvalue weighted by Crippen LogP contribution is -2.59. The molecule has 0 fully saturated rings. The molecule has 1 amide bonds. The Morgan fingerprint density at radius 2 is 1.54 bits per heavy atom. The number of nitrogens with one attached hydrogen (secondary N) is 1. The molecule has 1 N–H and O–H groups in total. The summed E-state index contributed by atoms with van der Waals surface area (Å²) in [6, 6.07) is 11.8. The molecule has 2 heterocycles. The summed E-state index contributed by atoms with van der Waals surface area (Å²) in [5.74, 6) is -0.592. The Labute approximate surface area is 228 Å². The molecule has 2 aromatic heterocycles. The summed E-state index contributed by atoms with van der Waals surface area (Å²) in [6.45, 7) is 2.90. The van der Waals surface area contributed by atoms with Gasteiger partial charge in [0.15, 0.2) is 0 Å². The molecule has 0 unspecified atom stereocenters. The summed E-state index contributed by atoms with van der Waals surface area (Å²) in [5, 5.41) is 18.0. The average molecular weight is 574 g/mol. The van der Waals surface area contributed by atoms with Gasteiger partial charge in [-0.2, -0.15) is 26.3 Å². The highest BCUT2D eigenvalue weighted by atomic mass is 19.4. The third-order valence-electron chi connectivity index (χ3n) is 6.86. The minimum atomic E-state index is -5.83. The van der Waals surface area contributed by atoms with Crippen molar-refractivity contribution < 1.29 is 31.1 Å². The van der Waals surface area contributed by atoms with E-state index in [1.54, 1.807) is 49.5 Å². The average Bonchev–Trinajstić information content (AvgIpc) is 3.63. The summed E-state index contributed by atoms with van der Waals surface area (Å²) in [6.07, 6.45) is -7.22. The van der Waals surface area contributed by atoms with Gasteiger partial charge in [-0.05, 0) is 47.6 Å². The maximum atomic E-state index is 14.4. The number of fused-ring (bicyclic) bond motifs is 1. The first-order valence-corrected chi connectivity index (χ1v) is 12.2. The number of nitrogens with zero attached hydrogens (tertiary/aromatic N) is 6. The van der Waals surface area contributed by atoms with Gasteiger partial charge in [0.1, 0.15) is 0 Å². The van der Waals surface area contributed by atoms with Crippen molar-refractivity contribution in [3.05, 3.63) is 95.6 Å². The van der Waals surface area contributed by atoms with Gasteiger partial charge >= 0.3 is 12.4 Å². The Balaban J connectivity index is 1.61. The number of anilines is 1. The fourth-order valence-electron chi connectivity index (χ4n) is 4.99. The molecule has 212 valence electrons. The molecule has 0 spiro atoms. The number of aryl methyl sites for hydroxylation is 2. The van der Waals surface area contributed by atoms with Crippen molar-refractivity contribution in [1.29, 1.82) is 0 Å². The van der Waals surface area contributed by atoms with Gasteiger partial charge in [0.25, 0.3) is 11.4 Å². The van der Waals surface area contributed by atoms with E-state index in [0.717, 1.165) is 18.3 Å². The third kappa shape index (κ3) is 4.48. The molecular weight excluding hydrogens is 552 g/mol. The van der Waals surface area contributed by atoms with Crippen LogP contribution in [0.25, 0.3) is 16.5 Å². The van der Waals surface area contributed by atoms with E-state index in [1.165, 1.54) is 17.8 Å². The Morgan fingerprint density at radius 1 is 0.878 bits per heavy atom. The minimum Gasteiger partial charge on any atom is -0.321 e. The van der Waals surface area contributed by atoms with E-state index < -0.39 is 29.4 Å². The second-order valence-corrected chi connectivity index (χ2v) is 9.21. The van der Waals surface area contributed by atoms with Crippen LogP contribution in [0.15, 0.2) is 73.3 Å². The van der Waals surface area contributed by atoms with Crippen LogP contribution in [0.1, 0.15) is 34.0 Å². The first-order valence-electron chi connectivity index (χ1n) is 12.2. The maximum absolute atomic E-state index is 14.4. The smallest absolute Gasteiger partial charge is 0.321 e. The van der Waals surface area contributed by atoms with Crippen LogP contribution in [0.3, 0.4) is 0 Å². The van der Waals surface area contributed by atoms with Gasteiger partial charge in [0.05, 0.1) is 24.3 Å². The monoisotopic (exact) mass is 573 g/mol. The summed E-state index contributed by atoms with van der Waals surface area (Å²) >= 11 is 0. The highest BCUT2D eigenvalue weighted by molar-refractivity contribution is 6.14. The van der Waals surface area contributed by atoms with Crippen LogP contribution < -0.4 is 5.32 Å². The quantitative estimate of drug-likeness (QED) is 0.252. The highest BCUT2D eigenvalue weighted by Gasteiger charge is 2.74. The number of amides is 1. The summed E-state index contributed by atoms with van der Waals surface area (Å²) in [7, 11) is 0. The molecule has 0 saturated heterocycles. The summed E-state index contributed by atoms with van der Waals surface area (Å²) in [4.78, 5) is 13.5. The Bertz CT molecular complexity index is 1700. The lowest BCUT2D eigenvalue weighted by atomic mass is 9.85. The Morgan fingerprint density at radius 3 is 2.12 bits per heavy atom. The zero-order chi connectivity index (χ0) is 29.6. The van der Waals surface area contributed by atoms with Gasteiger partial charge in [0, 0.05) is 22.8 Å². The van der Waals surface area contributed by atoms with E-state index in [9.17, 15) is 31.1 Å². The zero-order valence-electron chi connectivity index (χ0n) is 21.5. The number of rotatable bonds is 6. The fraction of sp³-hybridized carbons (Fsp3) is 0.222. The normalized spacial score (nSPS) is 12.6. The standard InChI is InChI=1S/C27H21F6N7O/c1-3-17-15-18(25(26(28,29)30,27(31,32)33)40-13-11-35-38-40)14-16(2)23(17)36-24(41)21-8-9-22(39-12-10-34-37-39)20-7-5-4-6-19(20)21/h4-15H,3H2,1-2H3,(H,36,41). The molecule has 0 saturated carbocycles. The zero-order valence-corrected chi connectivity index (χ0v) is 21.5. The lowest BCUT2D eigenvalue weighted by Gasteiger charge is -2.38. The molecule has 5 rings (SSSR count). The van der Waals surface area contributed by atoms with E-state index in [-0.39, 0.29) is 33.5 Å². The van der Waals surface area contributed by atoms with Crippen LogP contribution in [0.2, 0.25) is 0 Å². The van der Waals surface area contributed by atoms with Crippen LogP contribution in [0.5, 0.6) is 0 Å². The van der Waals surface area contributed by atoms with Crippen LogP contribution in [-0.2, 0) is 12.0 Å². The van der Waals surface area contributed by atoms with Gasteiger partial charge < -0.3 is 5.32 Å². The number of carbonyl (C=O) groups is 1. The first-order chi connectivity index (χ1) is 19.4. The molecule has 5 aromatic rings. The van der Waals surface area contributed by atoms with Crippen molar-refractivity contribution in [3.8, 4) is 5.69 Å². The van der Waals surface area contributed by atoms with E-state index in [1.807, 2.05) is 0 Å². The molecule has 0 atom stereocenters. The Kier molecular flexibility index (Phi) is 6.79. The summed E-state index contributed by atoms with van der Waals surface area (Å²) < 4.78 is 87.8. The van der Waals surface area contributed by atoms with Crippen molar-refractivity contribution in [1.82, 2.24) is 30.0 Å². The minimum absolute atomic E-state index is 0.00855. The summed E-state index contributed by atoms with van der Waals surface area (Å²) in [5.41, 5.74) is -4.49. The van der Waals surface area contributed by atoms with E-state index in [4.69, 9.17) is 0 Å². The number of aromatic nitrogens is 6. The van der Waals surface area contributed by atoms with Crippen LogP contribution in [-0.4, -0.2) is 48.2 Å². The first kappa shape index (κ1) is 27.8. The van der Waals surface area contributed by atoms with Gasteiger partial charge in [0.2, 0.25) is 0 Å². The largest absolute Gasteiger partial charge is 0.426 e. The second-order valence-electron chi connectivity index (χ2n) is 9.21. The predicted octanol–water partition coefficient (Wildman–Crippen LogP) is 6.00. The SMILES string of the molecule is CCc1cc(C(n2ccnn2)(C(F)(F)F)C(F)(F)F)cc(C)c1NC(=O)c1ccc(-n2ccnn2)c2ccccc12. The van der Waals surface area contributed by atoms with Gasteiger partial charge in [-0.1, -0.05) is 53.7 Å². The van der Waals surface area contributed by atoms with Crippen LogP contribution in [0.4, 0.5) is 32.0 Å². The maximum Gasteiger partial charge on any atom is 0.426 e. The van der Waals surface area contributed by atoms with Gasteiger partial charge in [-0.3, -0.25) is 4.79 Å². The molecule has 0 aliphatic carbocycles. The number of hydrogen-bond acceptors (Lipinski definition) is 5. The van der Waals surface area contributed by atoms with E-state index in [0.29, 0.717) is 22.7 Å². The topological polar surface area (TPSA) is 90.5 Å². The molecule has 8 nitrogen and oxygen atoms in total. The number of hydrogen-bond donors (Lipinski definition) is 1. The highest BCUT2D eigenvalue weighted by Crippen LogP contribution is 2.53. The molecule has 0 radical (unpaired) electrons. The number of benzene rings is 3. The van der Waals surface area contributed by atoms with E-state index in [2.05, 4.69) is 25.9 Å². The Hall–Kier alpha value is -4.75. The predicted molar refractivity (Wildman–Crippen MR) is 137 cm³/mol. The molecule has 14 heteroatoms. The third-order valence-corrected chi connectivity index (χ3v) is 6.86. The van der Waals surface area contributed by atoms with Crippen molar-refractivity contribution in [2.24, 2.45) is 0 Å². The van der Waals surface area contributed by atoms with Crippen LogP contribution >= 0.6 is 0 Å². The number of carbonyl (C=O) groups excluding carboxylic acids is 1. The van der Waals surface area contributed by atoms with Crippen LogP contribution in [0, 0.1) is 6.92 Å². The lowest BCUT2D eigenvalue weighted by molar-refractivity contribution is -0.316. The molecule has 0 aliphatic rings. The fourth-order valence-corrected chi connectivity index (χ4v) is 4.99.